The molecule has 0 amide bonds. The number of allylic oxidation sites excluding steroid dienone is 1. The maximum Gasteiger partial charge on any atom is 0.202 e. The third-order valence-electron chi connectivity index (χ3n) is 2.81. The van der Waals surface area contributed by atoms with Crippen molar-refractivity contribution in [3.63, 3.8) is 0 Å². The van der Waals surface area contributed by atoms with Gasteiger partial charge in [-0.15, -0.1) is 0 Å². The second-order valence-corrected chi connectivity index (χ2v) is 5.98. The summed E-state index contributed by atoms with van der Waals surface area (Å²) in [7, 11) is -3.41. The molecule has 2 aromatic carbocycles. The molecule has 1 heterocycles. The van der Waals surface area contributed by atoms with Crippen LogP contribution in [0.1, 0.15) is 5.56 Å². The number of benzene rings is 2. The molecule has 3 nitrogen and oxygen atoms in total. The Bertz CT molecular complexity index is 760. The monoisotopic (exact) mass is 269 g/mol. The molecule has 2 aromatic rings. The lowest BCUT2D eigenvalue weighted by molar-refractivity contribution is 0.604. The first kappa shape index (κ1) is 11.9. The summed E-state index contributed by atoms with van der Waals surface area (Å²) >= 11 is 0. The highest BCUT2D eigenvalue weighted by Crippen LogP contribution is 2.26. The molecule has 0 unspecified atom stereocenters. The second kappa shape index (κ2) is 4.48. The van der Waals surface area contributed by atoms with Gasteiger partial charge in [-0.2, -0.15) is 0 Å². The van der Waals surface area contributed by atoms with Gasteiger partial charge >= 0.3 is 0 Å². The number of rotatable bonds is 3. The largest absolute Gasteiger partial charge is 0.243 e. The summed E-state index contributed by atoms with van der Waals surface area (Å²) < 4.78 is 24.2. The molecule has 0 saturated heterocycles. The Morgan fingerprint density at radius 2 is 1.42 bits per heavy atom. The van der Waals surface area contributed by atoms with Gasteiger partial charge in [0.2, 0.25) is 9.84 Å². The molecule has 0 atom stereocenters. The highest BCUT2D eigenvalue weighted by molar-refractivity contribution is 7.94. The van der Waals surface area contributed by atoms with E-state index in [1.807, 2.05) is 30.3 Å². The molecule has 3 rings (SSSR count). The van der Waals surface area contributed by atoms with Crippen molar-refractivity contribution < 1.29 is 8.42 Å². The van der Waals surface area contributed by atoms with E-state index in [2.05, 4.69) is 4.99 Å². The Labute approximate surface area is 111 Å². The normalized spacial score (nSPS) is 16.2. The van der Waals surface area contributed by atoms with E-state index in [-0.39, 0.29) is 4.90 Å². The third kappa shape index (κ3) is 2.48. The van der Waals surface area contributed by atoms with Crippen molar-refractivity contribution in [2.24, 2.45) is 4.99 Å². The SMILES string of the molecule is O=S(=O)(/C=C1N=C/1c1ccccc1)c1ccccc1. The molecule has 0 N–H and O–H groups in total. The Morgan fingerprint density at radius 1 is 0.842 bits per heavy atom. The molecule has 19 heavy (non-hydrogen) atoms. The highest BCUT2D eigenvalue weighted by atomic mass is 32.2. The molecule has 0 aromatic heterocycles. The van der Waals surface area contributed by atoms with Crippen LogP contribution >= 0.6 is 0 Å². The van der Waals surface area contributed by atoms with Gasteiger partial charge in [0.05, 0.1) is 16.0 Å². The molecule has 0 radical (unpaired) electrons. The van der Waals surface area contributed by atoms with Gasteiger partial charge in [0.15, 0.2) is 0 Å². The first-order valence-electron chi connectivity index (χ1n) is 5.83. The van der Waals surface area contributed by atoms with E-state index in [9.17, 15) is 8.42 Å². The molecule has 1 aliphatic heterocycles. The predicted molar refractivity (Wildman–Crippen MR) is 74.7 cm³/mol. The van der Waals surface area contributed by atoms with E-state index in [0.29, 0.717) is 5.70 Å². The second-order valence-electron chi connectivity index (χ2n) is 4.19. The number of hydrogen-bond acceptors (Lipinski definition) is 3. The minimum atomic E-state index is -3.41. The van der Waals surface area contributed by atoms with Gasteiger partial charge in [0, 0.05) is 5.56 Å². The number of aliphatic imine (C=N–C) groups is 1. The van der Waals surface area contributed by atoms with Crippen molar-refractivity contribution in [2.45, 2.75) is 4.90 Å². The Balaban J connectivity index is 1.87. The van der Waals surface area contributed by atoms with Gasteiger partial charge in [-0.3, -0.25) is 0 Å². The van der Waals surface area contributed by atoms with Crippen molar-refractivity contribution in [2.75, 3.05) is 0 Å². The lowest BCUT2D eigenvalue weighted by Crippen LogP contribution is -1.96. The lowest BCUT2D eigenvalue weighted by Gasteiger charge is -1.96. The topological polar surface area (TPSA) is 46.5 Å². The van der Waals surface area contributed by atoms with Crippen LogP contribution in [0.2, 0.25) is 0 Å². The Kier molecular flexibility index (Phi) is 2.80. The Morgan fingerprint density at radius 3 is 2.05 bits per heavy atom. The van der Waals surface area contributed by atoms with Gasteiger partial charge < -0.3 is 0 Å². The summed E-state index contributed by atoms with van der Waals surface area (Å²) in [5.74, 6) is 0. The summed E-state index contributed by atoms with van der Waals surface area (Å²) in [5.41, 5.74) is 2.23. The standard InChI is InChI=1S/C15H11NO2S/c17-19(18,13-9-5-2-6-10-13)11-14-15(16-14)12-7-3-1-4-8-12/h1-11H/b14-11+. The van der Waals surface area contributed by atoms with Crippen molar-refractivity contribution in [1.29, 1.82) is 0 Å². The van der Waals surface area contributed by atoms with E-state index in [1.165, 1.54) is 5.41 Å². The Hall–Kier alpha value is -2.20. The van der Waals surface area contributed by atoms with Crippen LogP contribution in [0.5, 0.6) is 0 Å². The first-order chi connectivity index (χ1) is 9.17. The number of nitrogens with zero attached hydrogens (tertiary/aromatic N) is 1. The first-order valence-corrected chi connectivity index (χ1v) is 7.38. The van der Waals surface area contributed by atoms with Crippen LogP contribution in [0.15, 0.2) is 81.7 Å². The van der Waals surface area contributed by atoms with E-state index in [0.717, 1.165) is 11.3 Å². The van der Waals surface area contributed by atoms with Gasteiger partial charge in [-0.1, -0.05) is 48.5 Å². The molecule has 4 heteroatoms. The molecule has 0 bridgehead atoms. The summed E-state index contributed by atoms with van der Waals surface area (Å²) in [6.45, 7) is 0. The fraction of sp³-hybridized carbons (Fsp3) is 0. The lowest BCUT2D eigenvalue weighted by atomic mass is 10.2. The maximum absolute atomic E-state index is 12.1. The quantitative estimate of drug-likeness (QED) is 0.860. The van der Waals surface area contributed by atoms with Gasteiger partial charge in [0.25, 0.3) is 0 Å². The van der Waals surface area contributed by atoms with Crippen molar-refractivity contribution in [3.05, 3.63) is 77.3 Å². The molecular weight excluding hydrogens is 258 g/mol. The van der Waals surface area contributed by atoms with E-state index in [1.54, 1.807) is 30.3 Å². The van der Waals surface area contributed by atoms with E-state index in [4.69, 9.17) is 0 Å². The summed E-state index contributed by atoms with van der Waals surface area (Å²) in [5, 5.41) is 1.23. The van der Waals surface area contributed by atoms with Crippen LogP contribution in [-0.2, 0) is 9.84 Å². The summed E-state index contributed by atoms with van der Waals surface area (Å²) in [4.78, 5) is 4.42. The summed E-state index contributed by atoms with van der Waals surface area (Å²) in [6.07, 6.45) is 0. The van der Waals surface area contributed by atoms with Crippen molar-refractivity contribution in [1.82, 2.24) is 0 Å². The van der Waals surface area contributed by atoms with Crippen LogP contribution in [-0.4, -0.2) is 14.1 Å². The molecular formula is C15H11NO2S. The number of sulfone groups is 1. The number of hydrogen-bond donors (Lipinski definition) is 0. The van der Waals surface area contributed by atoms with Gasteiger partial charge in [-0.05, 0) is 12.1 Å². The van der Waals surface area contributed by atoms with Crippen LogP contribution in [0, 0.1) is 0 Å². The van der Waals surface area contributed by atoms with E-state index < -0.39 is 9.84 Å². The average molecular weight is 269 g/mol. The van der Waals surface area contributed by atoms with Gasteiger partial charge in [-0.25, -0.2) is 13.4 Å². The minimum absolute atomic E-state index is 0.289. The fourth-order valence-corrected chi connectivity index (χ4v) is 2.94. The zero-order chi connectivity index (χ0) is 13.3. The molecule has 0 fully saturated rings. The fourth-order valence-electron chi connectivity index (χ4n) is 1.81. The van der Waals surface area contributed by atoms with Crippen LogP contribution < -0.4 is 0 Å². The van der Waals surface area contributed by atoms with Gasteiger partial charge in [0.1, 0.15) is 5.70 Å². The van der Waals surface area contributed by atoms with E-state index >= 15 is 0 Å². The molecule has 0 saturated carbocycles. The maximum atomic E-state index is 12.1. The third-order valence-corrected chi connectivity index (χ3v) is 4.27. The smallest absolute Gasteiger partial charge is 0.202 e. The zero-order valence-corrected chi connectivity index (χ0v) is 10.8. The molecule has 94 valence electrons. The highest BCUT2D eigenvalue weighted by Gasteiger charge is 2.25. The average Bonchev–Trinajstić information content (AvgIpc) is 3.19. The molecule has 1 aliphatic rings. The van der Waals surface area contributed by atoms with Crippen molar-refractivity contribution in [3.8, 4) is 0 Å². The molecule has 0 spiro atoms. The molecule has 0 aliphatic carbocycles. The van der Waals surface area contributed by atoms with Crippen LogP contribution in [0.3, 0.4) is 0 Å². The zero-order valence-electron chi connectivity index (χ0n) is 10.0. The minimum Gasteiger partial charge on any atom is -0.243 e. The summed E-state index contributed by atoms with van der Waals surface area (Å²) in [6, 6.07) is 17.9. The predicted octanol–water partition coefficient (Wildman–Crippen LogP) is 2.80. The van der Waals surface area contributed by atoms with Crippen LogP contribution in [0.25, 0.3) is 0 Å². The van der Waals surface area contributed by atoms with Crippen molar-refractivity contribution >= 4 is 15.5 Å². The van der Waals surface area contributed by atoms with Crippen LogP contribution in [0.4, 0.5) is 0 Å².